The van der Waals surface area contributed by atoms with Gasteiger partial charge < -0.3 is 4.74 Å². The lowest BCUT2D eigenvalue weighted by molar-refractivity contribution is 0.356. The van der Waals surface area contributed by atoms with Gasteiger partial charge in [0.05, 0.1) is 0 Å². The molecule has 0 spiro atoms. The molecule has 0 atom stereocenters. The summed E-state index contributed by atoms with van der Waals surface area (Å²) in [5.74, 6) is 0. The first-order valence-electron chi connectivity index (χ1n) is 1.68. The molecule has 1 heterocycles. The van der Waals surface area contributed by atoms with Gasteiger partial charge in [-0.05, 0) is 0 Å². The molecular weight excluding hydrogens is 78.0 g/mol. The summed E-state index contributed by atoms with van der Waals surface area (Å²) in [7, 11) is 0. The van der Waals surface area contributed by atoms with E-state index >= 15 is 0 Å². The second kappa shape index (κ2) is 1.60. The van der Waals surface area contributed by atoms with Crippen LogP contribution in [0.3, 0.4) is 0 Å². The van der Waals surface area contributed by atoms with E-state index < -0.39 is 0 Å². The fourth-order valence-electron chi connectivity index (χ4n) is 0.249. The van der Waals surface area contributed by atoms with Gasteiger partial charge in [-0.2, -0.15) is 0 Å². The normalized spacial score (nSPS) is 17.3. The summed E-state index contributed by atoms with van der Waals surface area (Å²) in [5.41, 5.74) is 0. The van der Waals surface area contributed by atoms with Crippen LogP contribution in [0.4, 0.5) is 0 Å². The summed E-state index contributed by atoms with van der Waals surface area (Å²) in [4.78, 5) is 3.59. The van der Waals surface area contributed by atoms with Crippen molar-refractivity contribution < 1.29 is 4.74 Å². The van der Waals surface area contributed by atoms with Crippen LogP contribution in [0.1, 0.15) is 0 Å². The Labute approximate surface area is 36.1 Å². The first-order valence-corrected chi connectivity index (χ1v) is 1.68. The Hall–Kier alpha value is -0.790. The van der Waals surface area contributed by atoms with Crippen molar-refractivity contribution in [2.75, 3.05) is 6.61 Å². The fourth-order valence-corrected chi connectivity index (χ4v) is 0.249. The van der Waals surface area contributed by atoms with Gasteiger partial charge in [0, 0.05) is 12.3 Å². The predicted octanol–water partition coefficient (Wildman–Crippen LogP) is 0.362. The van der Waals surface area contributed by atoms with E-state index in [4.69, 9.17) is 0 Å². The Morgan fingerprint density at radius 3 is 3.00 bits per heavy atom. The molecule has 0 saturated heterocycles. The average molecular weight is 82.1 g/mol. The Balaban J connectivity index is 2.46. The van der Waals surface area contributed by atoms with Crippen LogP contribution in [0, 0.1) is 6.08 Å². The number of ether oxygens (including phenoxy) is 1. The molecule has 0 amide bonds. The summed E-state index contributed by atoms with van der Waals surface area (Å²) >= 11 is 0. The molecule has 1 aliphatic rings. The van der Waals surface area contributed by atoms with Gasteiger partial charge in [-0.3, -0.25) is 0 Å². The van der Waals surface area contributed by atoms with Gasteiger partial charge >= 0.3 is 0 Å². The molecule has 0 aromatic heterocycles. The Morgan fingerprint density at radius 1 is 1.83 bits per heavy atom. The first-order chi connectivity index (χ1) is 3.00. The lowest BCUT2D eigenvalue weighted by atomic mass is 10.6. The van der Waals surface area contributed by atoms with Gasteiger partial charge in [-0.1, -0.05) is 0 Å². The van der Waals surface area contributed by atoms with Gasteiger partial charge in [0.2, 0.25) is 0 Å². The molecule has 0 aliphatic carbocycles. The first kappa shape index (κ1) is 3.40. The minimum atomic E-state index is 0.545. The fraction of sp³-hybridized carbons (Fsp3) is 0.250. The quantitative estimate of drug-likeness (QED) is 0.413. The van der Waals surface area contributed by atoms with E-state index in [9.17, 15) is 0 Å². The van der Waals surface area contributed by atoms with Gasteiger partial charge in [0.25, 0.3) is 0 Å². The van der Waals surface area contributed by atoms with Crippen molar-refractivity contribution in [3.8, 4) is 0 Å². The number of aliphatic imine (C=N–C) groups is 1. The Bertz CT molecular complexity index is 73.5. The number of nitrogens with zero attached hydrogens (tertiary/aromatic N) is 1. The number of hydrogen-bond donors (Lipinski definition) is 0. The molecule has 6 heavy (non-hydrogen) atoms. The highest BCUT2D eigenvalue weighted by molar-refractivity contribution is 5.48. The van der Waals surface area contributed by atoms with E-state index in [2.05, 4.69) is 15.8 Å². The van der Waals surface area contributed by atoms with Crippen LogP contribution in [0.15, 0.2) is 11.2 Å². The molecule has 0 saturated carbocycles. The summed E-state index contributed by atoms with van der Waals surface area (Å²) in [6, 6.07) is 0. The van der Waals surface area contributed by atoms with Crippen molar-refractivity contribution in [2.45, 2.75) is 0 Å². The highest BCUT2D eigenvalue weighted by atomic mass is 16.5. The van der Waals surface area contributed by atoms with Crippen molar-refractivity contribution in [1.82, 2.24) is 0 Å². The zero-order chi connectivity index (χ0) is 4.24. The molecule has 0 aromatic carbocycles. The van der Waals surface area contributed by atoms with E-state index in [1.54, 1.807) is 6.20 Å². The number of hydrogen-bond acceptors (Lipinski definition) is 2. The lowest BCUT2D eigenvalue weighted by Gasteiger charge is -1.92. The van der Waals surface area contributed by atoms with Gasteiger partial charge in [0.15, 0.2) is 6.40 Å². The topological polar surface area (TPSA) is 21.6 Å². The monoisotopic (exact) mass is 82.0 g/mol. The van der Waals surface area contributed by atoms with E-state index in [0.29, 0.717) is 6.61 Å². The van der Waals surface area contributed by atoms with Crippen LogP contribution in [-0.2, 0) is 4.74 Å². The van der Waals surface area contributed by atoms with Crippen molar-refractivity contribution in [2.24, 2.45) is 4.99 Å². The van der Waals surface area contributed by atoms with Crippen molar-refractivity contribution >= 4 is 6.40 Å². The molecule has 0 unspecified atom stereocenters. The minimum Gasteiger partial charge on any atom is -0.478 e. The maximum absolute atomic E-state index is 4.64. The molecule has 0 bridgehead atoms. The molecule has 1 aliphatic heterocycles. The van der Waals surface area contributed by atoms with E-state index in [1.807, 2.05) is 0 Å². The molecule has 2 nitrogen and oxygen atoms in total. The standard InChI is InChI=1S/C4H4NO/c1-2-5-4-6-3-1/h2,4H,3H2. The van der Waals surface area contributed by atoms with Crippen LogP contribution in [0.5, 0.6) is 0 Å². The SMILES string of the molecule is [C]1=CN=COC1. The van der Waals surface area contributed by atoms with Crippen molar-refractivity contribution in [1.29, 1.82) is 0 Å². The third-order valence-corrected chi connectivity index (χ3v) is 0.468. The van der Waals surface area contributed by atoms with Gasteiger partial charge in [-0.15, -0.1) is 0 Å². The Morgan fingerprint density at radius 2 is 2.83 bits per heavy atom. The lowest BCUT2D eigenvalue weighted by Crippen LogP contribution is -1.90. The van der Waals surface area contributed by atoms with E-state index in [1.165, 1.54) is 6.40 Å². The largest absolute Gasteiger partial charge is 0.478 e. The van der Waals surface area contributed by atoms with Crippen LogP contribution in [0.25, 0.3) is 0 Å². The van der Waals surface area contributed by atoms with E-state index in [0.717, 1.165) is 0 Å². The highest BCUT2D eigenvalue weighted by Crippen LogP contribution is 1.80. The summed E-state index contributed by atoms with van der Waals surface area (Å²) in [5, 5.41) is 0. The van der Waals surface area contributed by atoms with Crippen LogP contribution < -0.4 is 0 Å². The maximum Gasteiger partial charge on any atom is 0.174 e. The van der Waals surface area contributed by atoms with Crippen LogP contribution in [-0.4, -0.2) is 13.0 Å². The van der Waals surface area contributed by atoms with Gasteiger partial charge in [0.1, 0.15) is 6.61 Å². The second-order valence-corrected chi connectivity index (χ2v) is 0.899. The molecular formula is C4H4NO. The summed E-state index contributed by atoms with van der Waals surface area (Å²) in [6.07, 6.45) is 5.73. The maximum atomic E-state index is 4.64. The summed E-state index contributed by atoms with van der Waals surface area (Å²) in [6.45, 7) is 0.545. The zero-order valence-corrected chi connectivity index (χ0v) is 3.22. The molecule has 1 radical (unpaired) electrons. The zero-order valence-electron chi connectivity index (χ0n) is 3.22. The second-order valence-electron chi connectivity index (χ2n) is 0.899. The smallest absolute Gasteiger partial charge is 0.174 e. The Kier molecular flexibility index (Phi) is 0.906. The van der Waals surface area contributed by atoms with Gasteiger partial charge in [-0.25, -0.2) is 4.99 Å². The molecule has 0 fully saturated rings. The van der Waals surface area contributed by atoms with Crippen molar-refractivity contribution in [3.63, 3.8) is 0 Å². The van der Waals surface area contributed by atoms with Crippen LogP contribution in [0.2, 0.25) is 0 Å². The predicted molar refractivity (Wildman–Crippen MR) is 22.3 cm³/mol. The third-order valence-electron chi connectivity index (χ3n) is 0.468. The van der Waals surface area contributed by atoms with E-state index in [-0.39, 0.29) is 0 Å². The third kappa shape index (κ3) is 0.578. The molecule has 0 N–H and O–H groups in total. The van der Waals surface area contributed by atoms with Crippen LogP contribution >= 0.6 is 0 Å². The average Bonchev–Trinajstić information content (AvgIpc) is 1.72. The molecule has 0 aromatic rings. The molecule has 31 valence electrons. The minimum absolute atomic E-state index is 0.545. The molecule has 2 heteroatoms. The summed E-state index contributed by atoms with van der Waals surface area (Å²) < 4.78 is 4.64. The molecule has 1 rings (SSSR count). The number of rotatable bonds is 0. The van der Waals surface area contributed by atoms with Crippen molar-refractivity contribution in [3.05, 3.63) is 12.3 Å². The highest BCUT2D eigenvalue weighted by Gasteiger charge is 1.77.